The van der Waals surface area contributed by atoms with Crippen molar-refractivity contribution >= 4 is 34.2 Å². The van der Waals surface area contributed by atoms with Crippen molar-refractivity contribution in [3.63, 3.8) is 0 Å². The Morgan fingerprint density at radius 2 is 2.00 bits per heavy atom. The van der Waals surface area contributed by atoms with Gasteiger partial charge in [0.2, 0.25) is 3.64 Å². The minimum atomic E-state index is -1.22. The lowest BCUT2D eigenvalue weighted by Gasteiger charge is -1.68. The van der Waals surface area contributed by atoms with E-state index in [9.17, 15) is 4.39 Å². The maximum Gasteiger partial charge on any atom is 0.223 e. The van der Waals surface area contributed by atoms with Crippen molar-refractivity contribution in [2.45, 2.75) is 3.64 Å². The molecule has 0 unspecified atom stereocenters. The molecule has 26 valence electrons. The molecule has 0 saturated heterocycles. The molecule has 0 aromatic rings. The van der Waals surface area contributed by atoms with Crippen molar-refractivity contribution < 1.29 is 4.39 Å². The number of rotatable bonds is 0. The predicted octanol–water partition coefficient (Wildman–Crippen LogP) is 1.91. The average molecular weight is 194 g/mol. The Morgan fingerprint density at radius 1 is 2.00 bits per heavy atom. The molecule has 3 heteroatoms. The van der Waals surface area contributed by atoms with Crippen LogP contribution in [0.5, 0.6) is 0 Å². The minimum Gasteiger partial charge on any atom is -0.218 e. The lowest BCUT2D eigenvalue weighted by atomic mass is 11.8. The molecule has 0 nitrogen and oxygen atoms in total. The van der Waals surface area contributed by atoms with E-state index in [1.165, 1.54) is 22.6 Å². The number of alkyl halides is 3. The molecule has 4 heavy (non-hydrogen) atoms. The molecule has 0 heterocycles. The molecule has 1 atom stereocenters. The van der Waals surface area contributed by atoms with E-state index in [1.54, 1.807) is 0 Å². The molecule has 0 amide bonds. The van der Waals surface area contributed by atoms with Gasteiger partial charge in [-0.1, -0.05) is 11.6 Å². The van der Waals surface area contributed by atoms with Gasteiger partial charge >= 0.3 is 0 Å². The molecule has 0 aliphatic heterocycles. The zero-order valence-corrected chi connectivity index (χ0v) is 4.62. The molecule has 0 aliphatic rings. The third-order valence-electron chi connectivity index (χ3n) is 0. The molecule has 0 radical (unpaired) electrons. The average Bonchev–Trinajstić information content (AvgIpc) is 0.811. The van der Waals surface area contributed by atoms with E-state index in [-0.39, 0.29) is 0 Å². The Bertz CT molecular complexity index is 12.8. The molecule has 0 aromatic heterocycles. The van der Waals surface area contributed by atoms with Crippen LogP contribution >= 0.6 is 34.2 Å². The van der Waals surface area contributed by atoms with Crippen LogP contribution in [0, 0.1) is 0 Å². The summed E-state index contributed by atoms with van der Waals surface area (Å²) in [5, 5.41) is 0. The van der Waals surface area contributed by atoms with Crippen LogP contribution in [0.25, 0.3) is 0 Å². The first-order valence-corrected chi connectivity index (χ1v) is 2.34. The molecule has 0 rings (SSSR count). The van der Waals surface area contributed by atoms with Gasteiger partial charge in [0.15, 0.2) is 0 Å². The maximum absolute atomic E-state index is 10.8. The van der Waals surface area contributed by atoms with E-state index in [0.29, 0.717) is 0 Å². The Balaban J connectivity index is 2.32. The van der Waals surface area contributed by atoms with E-state index in [1.807, 2.05) is 0 Å². The highest BCUT2D eigenvalue weighted by Gasteiger charge is 1.80. The molecule has 0 fully saturated rings. The van der Waals surface area contributed by atoms with Crippen LogP contribution in [-0.4, -0.2) is 3.64 Å². The van der Waals surface area contributed by atoms with Gasteiger partial charge < -0.3 is 0 Å². The second-order valence-corrected chi connectivity index (χ2v) is 2.46. The SMILES string of the molecule is F[C@@H](Cl)I. The lowest BCUT2D eigenvalue weighted by molar-refractivity contribution is 0.579. The van der Waals surface area contributed by atoms with Crippen LogP contribution in [0.15, 0.2) is 0 Å². The molecular formula is CHClFI. The van der Waals surface area contributed by atoms with Crippen LogP contribution in [0.3, 0.4) is 0 Å². The van der Waals surface area contributed by atoms with Crippen LogP contribution < -0.4 is 0 Å². The predicted molar refractivity (Wildman–Crippen MR) is 24.8 cm³/mol. The highest BCUT2D eigenvalue weighted by molar-refractivity contribution is 14.1. The zero-order chi connectivity index (χ0) is 3.58. The highest BCUT2D eigenvalue weighted by Crippen LogP contribution is 2.03. The van der Waals surface area contributed by atoms with Crippen molar-refractivity contribution in [1.82, 2.24) is 0 Å². The van der Waals surface area contributed by atoms with E-state index in [2.05, 4.69) is 11.6 Å². The summed E-state index contributed by atoms with van der Waals surface area (Å²) in [4.78, 5) is 0. The Kier molecular flexibility index (Phi) is 2.73. The molecule has 0 bridgehead atoms. The summed E-state index contributed by atoms with van der Waals surface area (Å²) in [6.45, 7) is 0. The Hall–Kier alpha value is 0.950. The van der Waals surface area contributed by atoms with E-state index < -0.39 is 3.64 Å². The van der Waals surface area contributed by atoms with Gasteiger partial charge in [-0.05, 0) is 22.6 Å². The summed E-state index contributed by atoms with van der Waals surface area (Å²) >= 11 is 6.04. The van der Waals surface area contributed by atoms with Gasteiger partial charge in [0, 0.05) is 0 Å². The number of hydrogen-bond donors (Lipinski definition) is 0. The second-order valence-electron chi connectivity index (χ2n) is 0.247. The van der Waals surface area contributed by atoms with Crippen LogP contribution in [0.4, 0.5) is 4.39 Å². The van der Waals surface area contributed by atoms with Gasteiger partial charge in [0.25, 0.3) is 0 Å². The van der Waals surface area contributed by atoms with Gasteiger partial charge in [-0.2, -0.15) is 0 Å². The lowest BCUT2D eigenvalue weighted by Crippen LogP contribution is -1.56. The summed E-state index contributed by atoms with van der Waals surface area (Å²) in [6, 6.07) is 0. The fourth-order valence-corrected chi connectivity index (χ4v) is 0. The van der Waals surface area contributed by atoms with Crippen molar-refractivity contribution in [2.75, 3.05) is 0 Å². The fraction of sp³-hybridized carbons (Fsp3) is 1.00. The van der Waals surface area contributed by atoms with Gasteiger partial charge in [0.1, 0.15) is 0 Å². The summed E-state index contributed by atoms with van der Waals surface area (Å²) in [6.07, 6.45) is 0. The van der Waals surface area contributed by atoms with Gasteiger partial charge in [-0.15, -0.1) is 0 Å². The highest BCUT2D eigenvalue weighted by atomic mass is 127. The topological polar surface area (TPSA) is 0 Å². The third kappa shape index (κ3) is 12.4. The third-order valence-corrected chi connectivity index (χ3v) is 0. The minimum absolute atomic E-state index is 1.22. The zero-order valence-electron chi connectivity index (χ0n) is 1.71. The molecule has 0 N–H and O–H groups in total. The fourth-order valence-electron chi connectivity index (χ4n) is 0. The van der Waals surface area contributed by atoms with Crippen LogP contribution in [0.1, 0.15) is 0 Å². The molecule has 0 spiro atoms. The Morgan fingerprint density at radius 3 is 2.00 bits per heavy atom. The van der Waals surface area contributed by atoms with Crippen LogP contribution in [0.2, 0.25) is 0 Å². The monoisotopic (exact) mass is 194 g/mol. The number of halogens is 3. The van der Waals surface area contributed by atoms with Gasteiger partial charge in [0.05, 0.1) is 0 Å². The van der Waals surface area contributed by atoms with E-state index in [0.717, 1.165) is 0 Å². The second kappa shape index (κ2) is 2.20. The summed E-state index contributed by atoms with van der Waals surface area (Å²) < 4.78 is 9.53. The first-order chi connectivity index (χ1) is 1.73. The van der Waals surface area contributed by atoms with Crippen molar-refractivity contribution in [1.29, 1.82) is 0 Å². The quantitative estimate of drug-likeness (QED) is 0.408. The smallest absolute Gasteiger partial charge is 0.218 e. The van der Waals surface area contributed by atoms with Crippen molar-refractivity contribution in [3.05, 3.63) is 0 Å². The standard InChI is InChI=1S/CHClFI/c2-1(3)4/h1H/t1-/m1/s1. The first kappa shape index (κ1) is 4.95. The van der Waals surface area contributed by atoms with Gasteiger partial charge in [-0.3, -0.25) is 0 Å². The number of hydrogen-bond acceptors (Lipinski definition) is 0. The van der Waals surface area contributed by atoms with E-state index in [4.69, 9.17) is 0 Å². The van der Waals surface area contributed by atoms with Gasteiger partial charge in [-0.25, -0.2) is 4.39 Å². The summed E-state index contributed by atoms with van der Waals surface area (Å²) in [7, 11) is 0. The summed E-state index contributed by atoms with van der Waals surface area (Å²) in [5.74, 6) is 0. The van der Waals surface area contributed by atoms with Crippen molar-refractivity contribution in [3.8, 4) is 0 Å². The molecule has 0 saturated carbocycles. The van der Waals surface area contributed by atoms with Crippen LogP contribution in [-0.2, 0) is 0 Å². The summed E-state index contributed by atoms with van der Waals surface area (Å²) in [5.41, 5.74) is 0. The Labute approximate surface area is 42.5 Å². The maximum atomic E-state index is 10.8. The largest absolute Gasteiger partial charge is 0.223 e. The van der Waals surface area contributed by atoms with Crippen molar-refractivity contribution in [2.24, 2.45) is 0 Å². The van der Waals surface area contributed by atoms with E-state index >= 15 is 0 Å². The molecular weight excluding hydrogens is 193 g/mol. The molecule has 0 aliphatic carbocycles. The molecule has 0 aromatic carbocycles. The first-order valence-electron chi connectivity index (χ1n) is 0.655. The normalized spacial score (nSPS) is 15.8.